The molecule has 0 spiro atoms. The molecule has 1 aliphatic heterocycles. The van der Waals surface area contributed by atoms with Gasteiger partial charge in [-0.25, -0.2) is 0 Å². The second-order valence-electron chi connectivity index (χ2n) is 6.73. The smallest absolute Gasteiger partial charge is 0.223 e. The van der Waals surface area contributed by atoms with Crippen LogP contribution < -0.4 is 5.73 Å². The van der Waals surface area contributed by atoms with Gasteiger partial charge in [0, 0.05) is 19.0 Å². The molecule has 1 heterocycles. The van der Waals surface area contributed by atoms with E-state index in [-0.39, 0.29) is 5.41 Å². The average molecular weight is 266 g/mol. The summed E-state index contributed by atoms with van der Waals surface area (Å²) in [6, 6.07) is 0.424. The van der Waals surface area contributed by atoms with Gasteiger partial charge in [-0.1, -0.05) is 32.1 Å². The molecule has 0 aromatic heterocycles. The van der Waals surface area contributed by atoms with E-state index in [1.807, 2.05) is 0 Å². The Morgan fingerprint density at radius 1 is 1.16 bits per heavy atom. The molecule has 0 aromatic carbocycles. The molecule has 19 heavy (non-hydrogen) atoms. The van der Waals surface area contributed by atoms with Crippen LogP contribution in [0.15, 0.2) is 0 Å². The predicted molar refractivity (Wildman–Crippen MR) is 78.8 cm³/mol. The van der Waals surface area contributed by atoms with E-state index < -0.39 is 0 Å². The van der Waals surface area contributed by atoms with Crippen LogP contribution in [0.1, 0.15) is 71.1 Å². The Morgan fingerprint density at radius 3 is 2.53 bits per heavy atom. The van der Waals surface area contributed by atoms with E-state index in [1.165, 1.54) is 44.9 Å². The third-order valence-electron chi connectivity index (χ3n) is 5.25. The minimum atomic E-state index is 0.112. The second-order valence-corrected chi connectivity index (χ2v) is 6.73. The van der Waals surface area contributed by atoms with Crippen LogP contribution in [0.4, 0.5) is 0 Å². The largest absolute Gasteiger partial charge is 0.340 e. The maximum Gasteiger partial charge on any atom is 0.223 e. The maximum atomic E-state index is 12.7. The van der Waals surface area contributed by atoms with Gasteiger partial charge in [0.05, 0.1) is 0 Å². The molecule has 2 aliphatic rings. The lowest BCUT2D eigenvalue weighted by molar-refractivity contribution is -0.136. The maximum absolute atomic E-state index is 12.7. The number of amides is 1. The van der Waals surface area contributed by atoms with E-state index >= 15 is 0 Å². The molecule has 2 fully saturated rings. The first-order valence-corrected chi connectivity index (χ1v) is 8.16. The second kappa shape index (κ2) is 6.74. The van der Waals surface area contributed by atoms with Gasteiger partial charge >= 0.3 is 0 Å². The minimum Gasteiger partial charge on any atom is -0.340 e. The molecule has 0 bridgehead atoms. The number of nitrogens with zero attached hydrogens (tertiary/aromatic N) is 1. The number of hydrogen-bond donors (Lipinski definition) is 1. The Balaban J connectivity index is 1.97. The summed E-state index contributed by atoms with van der Waals surface area (Å²) in [5.41, 5.74) is 6.12. The summed E-state index contributed by atoms with van der Waals surface area (Å²) in [5.74, 6) is 0.363. The average Bonchev–Trinajstić information content (AvgIpc) is 2.64. The van der Waals surface area contributed by atoms with E-state index in [0.29, 0.717) is 24.9 Å². The number of rotatable bonds is 3. The van der Waals surface area contributed by atoms with Crippen LogP contribution in [-0.2, 0) is 4.79 Å². The predicted octanol–water partition coefficient (Wildman–Crippen LogP) is 3.08. The molecule has 2 rings (SSSR count). The zero-order valence-electron chi connectivity index (χ0n) is 12.5. The van der Waals surface area contributed by atoms with Crippen molar-refractivity contribution in [1.82, 2.24) is 4.90 Å². The molecule has 3 heteroatoms. The number of hydrogen-bond acceptors (Lipinski definition) is 2. The first-order valence-electron chi connectivity index (χ1n) is 8.16. The van der Waals surface area contributed by atoms with Gasteiger partial charge in [0.1, 0.15) is 0 Å². The SMILES string of the molecule is CC1CCCCCN1C(=O)CC1(CN)CCCCC1. The Morgan fingerprint density at radius 2 is 1.84 bits per heavy atom. The molecular weight excluding hydrogens is 236 g/mol. The van der Waals surface area contributed by atoms with Crippen LogP contribution in [0.5, 0.6) is 0 Å². The third kappa shape index (κ3) is 3.71. The van der Waals surface area contributed by atoms with E-state index in [4.69, 9.17) is 5.73 Å². The van der Waals surface area contributed by atoms with Crippen LogP contribution in [0.3, 0.4) is 0 Å². The Labute approximate surface area is 117 Å². The number of likely N-dealkylation sites (tertiary alicyclic amines) is 1. The van der Waals surface area contributed by atoms with Gasteiger partial charge in [-0.05, 0) is 44.6 Å². The fourth-order valence-electron chi connectivity index (χ4n) is 3.82. The molecule has 3 nitrogen and oxygen atoms in total. The summed E-state index contributed by atoms with van der Waals surface area (Å²) in [5, 5.41) is 0. The molecular formula is C16H30N2O. The molecule has 0 aromatic rings. The quantitative estimate of drug-likeness (QED) is 0.853. The number of carbonyl (C=O) groups excluding carboxylic acids is 1. The zero-order valence-corrected chi connectivity index (χ0v) is 12.5. The fourth-order valence-corrected chi connectivity index (χ4v) is 3.82. The molecule has 2 N–H and O–H groups in total. The summed E-state index contributed by atoms with van der Waals surface area (Å²) >= 11 is 0. The van der Waals surface area contributed by atoms with Crippen molar-refractivity contribution in [3.05, 3.63) is 0 Å². The molecule has 1 saturated carbocycles. The van der Waals surface area contributed by atoms with Crippen LogP contribution >= 0.6 is 0 Å². The Bertz CT molecular complexity index is 297. The highest BCUT2D eigenvalue weighted by atomic mass is 16.2. The Kier molecular flexibility index (Phi) is 5.26. The molecule has 0 radical (unpaired) electrons. The van der Waals surface area contributed by atoms with Crippen molar-refractivity contribution in [2.75, 3.05) is 13.1 Å². The first-order chi connectivity index (χ1) is 9.17. The standard InChI is InChI=1S/C16H30N2O/c1-14-8-4-2-7-11-18(14)15(19)12-16(13-17)9-5-3-6-10-16/h14H,2-13,17H2,1H3. The van der Waals surface area contributed by atoms with Gasteiger partial charge in [0.2, 0.25) is 5.91 Å². The Hall–Kier alpha value is -0.570. The molecule has 1 amide bonds. The van der Waals surface area contributed by atoms with Crippen LogP contribution in [0, 0.1) is 5.41 Å². The van der Waals surface area contributed by atoms with E-state index in [1.54, 1.807) is 0 Å². The van der Waals surface area contributed by atoms with Gasteiger partial charge < -0.3 is 10.6 Å². The van der Waals surface area contributed by atoms with E-state index in [2.05, 4.69) is 11.8 Å². The highest BCUT2D eigenvalue weighted by Gasteiger charge is 2.35. The highest BCUT2D eigenvalue weighted by molar-refractivity contribution is 5.77. The molecule has 1 aliphatic carbocycles. The summed E-state index contributed by atoms with van der Waals surface area (Å²) in [6.07, 6.45) is 11.7. The minimum absolute atomic E-state index is 0.112. The monoisotopic (exact) mass is 266 g/mol. The van der Waals surface area contributed by atoms with E-state index in [0.717, 1.165) is 19.4 Å². The normalized spacial score (nSPS) is 27.9. The van der Waals surface area contributed by atoms with Gasteiger partial charge in [-0.15, -0.1) is 0 Å². The van der Waals surface area contributed by atoms with Crippen molar-refractivity contribution in [3.8, 4) is 0 Å². The van der Waals surface area contributed by atoms with Gasteiger partial charge in [0.15, 0.2) is 0 Å². The summed E-state index contributed by atoms with van der Waals surface area (Å²) in [4.78, 5) is 14.8. The van der Waals surface area contributed by atoms with E-state index in [9.17, 15) is 4.79 Å². The van der Waals surface area contributed by atoms with Crippen molar-refractivity contribution in [3.63, 3.8) is 0 Å². The van der Waals surface area contributed by atoms with Gasteiger partial charge in [0.25, 0.3) is 0 Å². The molecule has 1 unspecified atom stereocenters. The summed E-state index contributed by atoms with van der Waals surface area (Å²) < 4.78 is 0. The topological polar surface area (TPSA) is 46.3 Å². The lowest BCUT2D eigenvalue weighted by Crippen LogP contribution is -2.43. The van der Waals surface area contributed by atoms with Crippen molar-refractivity contribution in [2.45, 2.75) is 77.2 Å². The fraction of sp³-hybridized carbons (Fsp3) is 0.938. The molecule has 1 atom stereocenters. The van der Waals surface area contributed by atoms with Gasteiger partial charge in [-0.3, -0.25) is 4.79 Å². The van der Waals surface area contributed by atoms with Gasteiger partial charge in [-0.2, -0.15) is 0 Å². The van der Waals surface area contributed by atoms with Crippen molar-refractivity contribution in [2.24, 2.45) is 11.1 Å². The summed E-state index contributed by atoms with van der Waals surface area (Å²) in [7, 11) is 0. The number of nitrogens with two attached hydrogens (primary N) is 1. The summed E-state index contributed by atoms with van der Waals surface area (Å²) in [6.45, 7) is 3.85. The lowest BCUT2D eigenvalue weighted by atomic mass is 9.71. The molecule has 1 saturated heterocycles. The van der Waals surface area contributed by atoms with Crippen molar-refractivity contribution < 1.29 is 4.79 Å². The number of carbonyl (C=O) groups is 1. The zero-order chi connectivity index (χ0) is 13.7. The van der Waals surface area contributed by atoms with Crippen LogP contribution in [0.25, 0.3) is 0 Å². The lowest BCUT2D eigenvalue weighted by Gasteiger charge is -2.38. The molecule has 110 valence electrons. The first kappa shape index (κ1) is 14.8. The van der Waals surface area contributed by atoms with Crippen molar-refractivity contribution >= 4 is 5.91 Å². The van der Waals surface area contributed by atoms with Crippen LogP contribution in [-0.4, -0.2) is 29.9 Å². The highest BCUT2D eigenvalue weighted by Crippen LogP contribution is 2.39. The van der Waals surface area contributed by atoms with Crippen LogP contribution in [0.2, 0.25) is 0 Å². The van der Waals surface area contributed by atoms with Crippen molar-refractivity contribution in [1.29, 1.82) is 0 Å². The third-order valence-corrected chi connectivity index (χ3v) is 5.25.